The van der Waals surface area contributed by atoms with Crippen LogP contribution in [0.1, 0.15) is 26.7 Å². The molecule has 0 bridgehead atoms. The Hall–Kier alpha value is -0.320. The summed E-state index contributed by atoms with van der Waals surface area (Å²) in [7, 11) is 8.96. The van der Waals surface area contributed by atoms with Crippen LogP contribution in [0, 0.1) is 0 Å². The fourth-order valence-corrected chi connectivity index (χ4v) is 4.84. The third-order valence-electron chi connectivity index (χ3n) is 7.63. The molecule has 0 aliphatic rings. The molecular formula is C24H58N4O4+4. The summed E-state index contributed by atoms with van der Waals surface area (Å²) in [5, 5.41) is 38.3. The molecule has 0 heterocycles. The number of aliphatic hydroxyl groups is 4. The predicted octanol–water partition coefficient (Wildman–Crippen LogP) is -0.438. The van der Waals surface area contributed by atoms with Gasteiger partial charge in [-0.25, -0.2) is 0 Å². The minimum Gasteiger partial charge on any atom is -0.391 e. The maximum absolute atomic E-state index is 9.78. The predicted molar refractivity (Wildman–Crippen MR) is 132 cm³/mol. The molecule has 3 unspecified atom stereocenters. The van der Waals surface area contributed by atoms with Crippen molar-refractivity contribution < 1.29 is 38.4 Å². The Morgan fingerprint density at radius 3 is 0.750 bits per heavy atom. The van der Waals surface area contributed by atoms with Gasteiger partial charge in [-0.15, -0.1) is 0 Å². The van der Waals surface area contributed by atoms with Crippen LogP contribution in [0.2, 0.25) is 0 Å². The molecule has 0 radical (unpaired) electrons. The van der Waals surface area contributed by atoms with Crippen molar-refractivity contribution in [3.05, 3.63) is 0 Å². The van der Waals surface area contributed by atoms with Gasteiger partial charge in [0.2, 0.25) is 0 Å². The molecule has 8 nitrogen and oxygen atoms in total. The van der Waals surface area contributed by atoms with Gasteiger partial charge >= 0.3 is 0 Å². The van der Waals surface area contributed by atoms with E-state index in [0.717, 1.165) is 91.7 Å². The molecular weight excluding hydrogens is 408 g/mol. The van der Waals surface area contributed by atoms with Gasteiger partial charge < -0.3 is 38.4 Å². The van der Waals surface area contributed by atoms with E-state index < -0.39 is 0 Å². The summed E-state index contributed by atoms with van der Waals surface area (Å²) in [5.41, 5.74) is 0. The lowest BCUT2D eigenvalue weighted by Gasteiger charge is -2.43. The van der Waals surface area contributed by atoms with Gasteiger partial charge in [-0.1, -0.05) is 13.8 Å². The third-order valence-corrected chi connectivity index (χ3v) is 7.63. The van der Waals surface area contributed by atoms with Crippen LogP contribution in [0.3, 0.4) is 0 Å². The first kappa shape index (κ1) is 31.7. The molecule has 0 spiro atoms. The summed E-state index contributed by atoms with van der Waals surface area (Å²) >= 11 is 0. The van der Waals surface area contributed by atoms with Crippen molar-refractivity contribution in [2.45, 2.75) is 26.7 Å². The summed E-state index contributed by atoms with van der Waals surface area (Å²) in [6.45, 7) is 16.1. The Balaban J connectivity index is 5.24. The van der Waals surface area contributed by atoms with E-state index in [-0.39, 0.29) is 26.4 Å². The fourth-order valence-electron chi connectivity index (χ4n) is 4.84. The molecule has 3 atom stereocenters. The van der Waals surface area contributed by atoms with Crippen molar-refractivity contribution in [1.29, 1.82) is 0 Å². The van der Waals surface area contributed by atoms with E-state index in [1.54, 1.807) is 0 Å². The van der Waals surface area contributed by atoms with Crippen LogP contribution in [0.5, 0.6) is 0 Å². The highest BCUT2D eigenvalue weighted by Gasteiger charge is 2.33. The number of nitrogens with zero attached hydrogens (tertiary/aromatic N) is 4. The van der Waals surface area contributed by atoms with Crippen molar-refractivity contribution in [1.82, 2.24) is 0 Å². The summed E-state index contributed by atoms with van der Waals surface area (Å²) in [5.74, 6) is 0. The van der Waals surface area contributed by atoms with Gasteiger partial charge in [0.05, 0.1) is 67.7 Å². The lowest BCUT2D eigenvalue weighted by molar-refractivity contribution is -0.995. The molecule has 194 valence electrons. The summed E-state index contributed by atoms with van der Waals surface area (Å²) < 4.78 is 3.39. The number of hydrogen-bond acceptors (Lipinski definition) is 4. The molecule has 0 aliphatic carbocycles. The van der Waals surface area contributed by atoms with Gasteiger partial charge in [0.1, 0.15) is 65.4 Å². The molecule has 8 heteroatoms. The zero-order valence-electron chi connectivity index (χ0n) is 22.3. The summed E-state index contributed by atoms with van der Waals surface area (Å²) in [4.78, 5) is 0. The third kappa shape index (κ3) is 12.2. The number of hydrogen-bond donors (Lipinski definition) is 4. The topological polar surface area (TPSA) is 80.9 Å². The molecule has 0 aromatic carbocycles. The molecule has 4 N–H and O–H groups in total. The number of likely N-dealkylation sites (N-methyl/N-ethyl adjacent to an activating group) is 4. The highest BCUT2D eigenvalue weighted by Crippen LogP contribution is 2.14. The maximum atomic E-state index is 9.78. The molecule has 0 saturated heterocycles. The zero-order valence-corrected chi connectivity index (χ0v) is 22.3. The van der Waals surface area contributed by atoms with E-state index in [1.807, 2.05) is 0 Å². The molecule has 0 aromatic heterocycles. The van der Waals surface area contributed by atoms with Crippen molar-refractivity contribution in [3.8, 4) is 0 Å². The second-order valence-electron chi connectivity index (χ2n) is 11.1. The Bertz CT molecular complexity index is 429. The minimum absolute atomic E-state index is 0.141. The van der Waals surface area contributed by atoms with Crippen molar-refractivity contribution in [2.24, 2.45) is 0 Å². The second-order valence-corrected chi connectivity index (χ2v) is 11.1. The molecule has 0 rings (SSSR count). The monoisotopic (exact) mass is 466 g/mol. The first-order chi connectivity index (χ1) is 15.0. The molecule has 32 heavy (non-hydrogen) atoms. The maximum Gasteiger partial charge on any atom is 0.129 e. The number of rotatable bonds is 21. The highest BCUT2D eigenvalue weighted by molar-refractivity contribution is 4.49. The first-order valence-corrected chi connectivity index (χ1v) is 12.8. The van der Waals surface area contributed by atoms with Gasteiger partial charge in [0, 0.05) is 0 Å². The van der Waals surface area contributed by atoms with Gasteiger partial charge in [0.15, 0.2) is 0 Å². The van der Waals surface area contributed by atoms with E-state index in [9.17, 15) is 20.4 Å². The largest absolute Gasteiger partial charge is 0.391 e. The van der Waals surface area contributed by atoms with E-state index in [1.165, 1.54) is 0 Å². The lowest BCUT2D eigenvalue weighted by atomic mass is 10.2. The minimum atomic E-state index is 0.141. The van der Waals surface area contributed by atoms with Gasteiger partial charge in [-0.2, -0.15) is 0 Å². The average molecular weight is 467 g/mol. The van der Waals surface area contributed by atoms with Gasteiger partial charge in [-0.3, -0.25) is 0 Å². The quantitative estimate of drug-likeness (QED) is 0.173. The van der Waals surface area contributed by atoms with E-state index in [4.69, 9.17) is 0 Å². The highest BCUT2D eigenvalue weighted by atomic mass is 16.3. The smallest absolute Gasteiger partial charge is 0.129 e. The molecule has 0 saturated carbocycles. The van der Waals surface area contributed by atoms with Crippen LogP contribution < -0.4 is 0 Å². The fraction of sp³-hybridized carbons (Fsp3) is 1.00. The van der Waals surface area contributed by atoms with E-state index in [0.29, 0.717) is 17.6 Å². The van der Waals surface area contributed by atoms with Crippen molar-refractivity contribution >= 4 is 0 Å². The van der Waals surface area contributed by atoms with Gasteiger partial charge in [-0.05, 0) is 12.8 Å². The Morgan fingerprint density at radius 2 is 0.531 bits per heavy atom. The second kappa shape index (κ2) is 15.6. The summed E-state index contributed by atoms with van der Waals surface area (Å²) in [6, 6.07) is 0. The van der Waals surface area contributed by atoms with Crippen LogP contribution >= 0.6 is 0 Å². The van der Waals surface area contributed by atoms with E-state index >= 15 is 0 Å². The van der Waals surface area contributed by atoms with Crippen LogP contribution in [-0.2, 0) is 0 Å². The van der Waals surface area contributed by atoms with Crippen LogP contribution in [-0.4, -0.2) is 172 Å². The SMILES string of the molecule is CCC[N+](C)(CCO)CC[N+](C)(CCO)CC[N+](C)(CCC)CC[N+](C)(CCO)CCO. The van der Waals surface area contributed by atoms with Crippen LogP contribution in [0.4, 0.5) is 0 Å². The molecule has 0 aliphatic heterocycles. The Labute approximate surface area is 198 Å². The Morgan fingerprint density at radius 1 is 0.344 bits per heavy atom. The zero-order chi connectivity index (χ0) is 24.7. The van der Waals surface area contributed by atoms with Crippen molar-refractivity contribution in [2.75, 3.05) is 133 Å². The van der Waals surface area contributed by atoms with E-state index in [2.05, 4.69) is 42.0 Å². The van der Waals surface area contributed by atoms with Crippen LogP contribution in [0.25, 0.3) is 0 Å². The Kier molecular flexibility index (Phi) is 15.4. The van der Waals surface area contributed by atoms with Crippen molar-refractivity contribution in [3.63, 3.8) is 0 Å². The van der Waals surface area contributed by atoms with Gasteiger partial charge in [0.25, 0.3) is 0 Å². The lowest BCUT2D eigenvalue weighted by Crippen LogP contribution is -2.61. The molecule has 0 aromatic rings. The normalized spacial score (nSPS) is 18.2. The molecule has 0 amide bonds. The number of aliphatic hydroxyl groups excluding tert-OH is 4. The molecule has 0 fully saturated rings. The standard InChI is InChI=1S/C24H58N4O4/c1-7-9-25(3,12-16-28(6,19-23-31)20-24-32)11-14-27(5,18-22-30)15-13-26(4,10-8-2)17-21-29/h29-32H,7-24H2,1-6H3/q+4. The first-order valence-electron chi connectivity index (χ1n) is 12.8. The average Bonchev–Trinajstić information content (AvgIpc) is 2.71. The number of quaternary nitrogens is 4. The summed E-state index contributed by atoms with van der Waals surface area (Å²) in [6.07, 6.45) is 2.22. The van der Waals surface area contributed by atoms with Crippen LogP contribution in [0.15, 0.2) is 0 Å².